The molecule has 2 nitrogen and oxygen atoms in total. The Morgan fingerprint density at radius 3 is 2.71 bits per heavy atom. The van der Waals surface area contributed by atoms with Gasteiger partial charge in [0.15, 0.2) is 0 Å². The Kier molecular flexibility index (Phi) is 4.32. The van der Waals surface area contributed by atoms with Crippen molar-refractivity contribution in [3.63, 3.8) is 0 Å². The first-order chi connectivity index (χ1) is 10.1. The van der Waals surface area contributed by atoms with Crippen LogP contribution in [0.1, 0.15) is 23.6 Å². The molecule has 0 saturated heterocycles. The lowest BCUT2D eigenvalue weighted by Gasteiger charge is -2.32. The maximum absolute atomic E-state index is 6.02. The minimum Gasteiger partial charge on any atom is -0.367 e. The first kappa shape index (κ1) is 14.6. The standard InChI is InChI=1S/C18H21BrN2/c1-13(20)10-16-11-17(19)6-7-18(16)21-9-8-14-4-2-3-5-15(14)12-21/h2-7,11,13H,8-10,12,20H2,1H3. The summed E-state index contributed by atoms with van der Waals surface area (Å²) in [6.07, 6.45) is 2.02. The number of hydrogen-bond donors (Lipinski definition) is 1. The van der Waals surface area contributed by atoms with Gasteiger partial charge < -0.3 is 10.6 Å². The average molecular weight is 345 g/mol. The summed E-state index contributed by atoms with van der Waals surface area (Å²) in [6, 6.07) is 15.5. The van der Waals surface area contributed by atoms with Crippen molar-refractivity contribution >= 4 is 21.6 Å². The molecule has 0 aliphatic carbocycles. The Labute approximate surface area is 135 Å². The van der Waals surface area contributed by atoms with Crippen molar-refractivity contribution in [2.24, 2.45) is 5.73 Å². The summed E-state index contributed by atoms with van der Waals surface area (Å²) < 4.78 is 1.12. The zero-order chi connectivity index (χ0) is 14.8. The van der Waals surface area contributed by atoms with Crippen LogP contribution in [0.2, 0.25) is 0 Å². The molecule has 1 aliphatic rings. The summed E-state index contributed by atoms with van der Waals surface area (Å²) in [6.45, 7) is 4.13. The van der Waals surface area contributed by atoms with Crippen LogP contribution in [0.4, 0.5) is 5.69 Å². The Morgan fingerprint density at radius 2 is 1.95 bits per heavy atom. The molecule has 110 valence electrons. The van der Waals surface area contributed by atoms with Crippen LogP contribution in [0.25, 0.3) is 0 Å². The van der Waals surface area contributed by atoms with Crippen LogP contribution in [0.3, 0.4) is 0 Å². The fourth-order valence-electron chi connectivity index (χ4n) is 3.07. The zero-order valence-electron chi connectivity index (χ0n) is 12.3. The maximum atomic E-state index is 6.02. The first-order valence-corrected chi connectivity index (χ1v) is 8.28. The van der Waals surface area contributed by atoms with E-state index in [2.05, 4.69) is 70.2 Å². The van der Waals surface area contributed by atoms with Gasteiger partial charge in [0.05, 0.1) is 0 Å². The normalized spacial score (nSPS) is 15.7. The fraction of sp³-hybridized carbons (Fsp3) is 0.333. The second kappa shape index (κ2) is 6.20. The highest BCUT2D eigenvalue weighted by molar-refractivity contribution is 9.10. The van der Waals surface area contributed by atoms with E-state index in [4.69, 9.17) is 5.73 Å². The predicted molar refractivity (Wildman–Crippen MR) is 92.7 cm³/mol. The lowest BCUT2D eigenvalue weighted by Crippen LogP contribution is -2.31. The predicted octanol–water partition coefficient (Wildman–Crippen LogP) is 3.90. The third kappa shape index (κ3) is 3.30. The molecule has 1 unspecified atom stereocenters. The average Bonchev–Trinajstić information content (AvgIpc) is 2.46. The molecule has 0 spiro atoms. The van der Waals surface area contributed by atoms with Gasteiger partial charge in [0.2, 0.25) is 0 Å². The smallest absolute Gasteiger partial charge is 0.0432 e. The Morgan fingerprint density at radius 1 is 1.19 bits per heavy atom. The largest absolute Gasteiger partial charge is 0.367 e. The van der Waals surface area contributed by atoms with E-state index in [1.165, 1.54) is 22.4 Å². The van der Waals surface area contributed by atoms with Gasteiger partial charge >= 0.3 is 0 Å². The second-order valence-electron chi connectivity index (χ2n) is 5.89. The SMILES string of the molecule is CC(N)Cc1cc(Br)ccc1N1CCc2ccccc2C1. The van der Waals surface area contributed by atoms with Gasteiger partial charge in [-0.1, -0.05) is 40.2 Å². The molecule has 21 heavy (non-hydrogen) atoms. The van der Waals surface area contributed by atoms with Crippen LogP contribution in [0.15, 0.2) is 46.9 Å². The minimum atomic E-state index is 0.176. The Balaban J connectivity index is 1.91. The van der Waals surface area contributed by atoms with E-state index in [0.717, 1.165) is 30.4 Å². The van der Waals surface area contributed by atoms with Gasteiger partial charge in [0.25, 0.3) is 0 Å². The van der Waals surface area contributed by atoms with Crippen molar-refractivity contribution < 1.29 is 0 Å². The summed E-state index contributed by atoms with van der Waals surface area (Å²) in [7, 11) is 0. The number of nitrogens with two attached hydrogens (primary N) is 1. The third-order valence-electron chi connectivity index (χ3n) is 4.05. The summed E-state index contributed by atoms with van der Waals surface area (Å²) in [5, 5.41) is 0. The highest BCUT2D eigenvalue weighted by Gasteiger charge is 2.18. The van der Waals surface area contributed by atoms with Crippen molar-refractivity contribution in [3.05, 3.63) is 63.6 Å². The summed E-state index contributed by atoms with van der Waals surface area (Å²) in [5.41, 5.74) is 11.6. The number of anilines is 1. The van der Waals surface area contributed by atoms with Crippen LogP contribution in [0, 0.1) is 0 Å². The number of fused-ring (bicyclic) bond motifs is 1. The van der Waals surface area contributed by atoms with E-state index in [-0.39, 0.29) is 6.04 Å². The van der Waals surface area contributed by atoms with Crippen LogP contribution < -0.4 is 10.6 Å². The molecule has 0 aromatic heterocycles. The number of nitrogens with zero attached hydrogens (tertiary/aromatic N) is 1. The molecular weight excluding hydrogens is 324 g/mol. The highest BCUT2D eigenvalue weighted by atomic mass is 79.9. The Hall–Kier alpha value is -1.32. The lowest BCUT2D eigenvalue weighted by atomic mass is 9.97. The van der Waals surface area contributed by atoms with E-state index in [9.17, 15) is 0 Å². The maximum Gasteiger partial charge on any atom is 0.0432 e. The van der Waals surface area contributed by atoms with E-state index in [1.807, 2.05) is 0 Å². The van der Waals surface area contributed by atoms with Gasteiger partial charge in [-0.3, -0.25) is 0 Å². The monoisotopic (exact) mass is 344 g/mol. The molecule has 0 bridgehead atoms. The van der Waals surface area contributed by atoms with E-state index in [0.29, 0.717) is 0 Å². The third-order valence-corrected chi connectivity index (χ3v) is 4.55. The molecule has 2 aromatic carbocycles. The van der Waals surface area contributed by atoms with Crippen molar-refractivity contribution in [2.45, 2.75) is 32.4 Å². The van der Waals surface area contributed by atoms with E-state index in [1.54, 1.807) is 0 Å². The van der Waals surface area contributed by atoms with Gasteiger partial charge in [0, 0.05) is 29.3 Å². The van der Waals surface area contributed by atoms with Gasteiger partial charge in [-0.05, 0) is 54.7 Å². The van der Waals surface area contributed by atoms with Crippen molar-refractivity contribution in [3.8, 4) is 0 Å². The molecule has 2 N–H and O–H groups in total. The molecule has 0 saturated carbocycles. The quantitative estimate of drug-likeness (QED) is 0.914. The van der Waals surface area contributed by atoms with Crippen molar-refractivity contribution in [1.29, 1.82) is 0 Å². The van der Waals surface area contributed by atoms with Gasteiger partial charge in [-0.25, -0.2) is 0 Å². The van der Waals surface area contributed by atoms with Gasteiger partial charge in [0.1, 0.15) is 0 Å². The van der Waals surface area contributed by atoms with E-state index < -0.39 is 0 Å². The first-order valence-electron chi connectivity index (χ1n) is 7.49. The second-order valence-corrected chi connectivity index (χ2v) is 6.81. The number of benzene rings is 2. The van der Waals surface area contributed by atoms with Crippen molar-refractivity contribution in [1.82, 2.24) is 0 Å². The highest BCUT2D eigenvalue weighted by Crippen LogP contribution is 2.30. The molecule has 1 heterocycles. The molecule has 1 atom stereocenters. The summed E-state index contributed by atoms with van der Waals surface area (Å²) in [5.74, 6) is 0. The molecule has 3 heteroatoms. The fourth-order valence-corrected chi connectivity index (χ4v) is 3.48. The van der Waals surface area contributed by atoms with Crippen LogP contribution in [-0.2, 0) is 19.4 Å². The minimum absolute atomic E-state index is 0.176. The van der Waals surface area contributed by atoms with Gasteiger partial charge in [-0.15, -0.1) is 0 Å². The van der Waals surface area contributed by atoms with Gasteiger partial charge in [-0.2, -0.15) is 0 Å². The molecule has 0 fully saturated rings. The molecule has 1 aliphatic heterocycles. The molecular formula is C18H21BrN2. The summed E-state index contributed by atoms with van der Waals surface area (Å²) >= 11 is 3.58. The topological polar surface area (TPSA) is 29.3 Å². The molecule has 2 aromatic rings. The van der Waals surface area contributed by atoms with Crippen LogP contribution in [0.5, 0.6) is 0 Å². The van der Waals surface area contributed by atoms with E-state index >= 15 is 0 Å². The Bertz CT molecular complexity index is 637. The van der Waals surface area contributed by atoms with Crippen LogP contribution >= 0.6 is 15.9 Å². The van der Waals surface area contributed by atoms with Crippen LogP contribution in [-0.4, -0.2) is 12.6 Å². The van der Waals surface area contributed by atoms with Crippen molar-refractivity contribution in [2.75, 3.05) is 11.4 Å². The summed E-state index contributed by atoms with van der Waals surface area (Å²) in [4.78, 5) is 2.48. The zero-order valence-corrected chi connectivity index (χ0v) is 13.9. The number of rotatable bonds is 3. The molecule has 3 rings (SSSR count). The number of halogens is 1. The lowest BCUT2D eigenvalue weighted by molar-refractivity contribution is 0.706. The molecule has 0 radical (unpaired) electrons. The molecule has 0 amide bonds. The number of hydrogen-bond acceptors (Lipinski definition) is 2.